The monoisotopic (exact) mass is 418 g/mol. The van der Waals surface area contributed by atoms with Crippen molar-refractivity contribution in [3.63, 3.8) is 0 Å². The average Bonchev–Trinajstić information content (AvgIpc) is 3.32. The van der Waals surface area contributed by atoms with Crippen molar-refractivity contribution in [3.05, 3.63) is 37.2 Å². The molecule has 6 nitrogen and oxygen atoms in total. The van der Waals surface area contributed by atoms with Crippen LogP contribution in [-0.2, 0) is 36.2 Å². The number of thiophene rings is 1. The second-order valence-corrected chi connectivity index (χ2v) is 10.1. The molecule has 4 heterocycles. The van der Waals surface area contributed by atoms with Crippen molar-refractivity contribution in [2.24, 2.45) is 0 Å². The Kier molecular flexibility index (Phi) is 4.53. The highest BCUT2D eigenvalue weighted by Crippen LogP contribution is 2.34. The molecule has 0 unspecified atom stereocenters. The zero-order valence-corrected chi connectivity index (χ0v) is 17.0. The third kappa shape index (κ3) is 3.32. The zero-order valence-electron chi connectivity index (χ0n) is 14.6. The lowest BCUT2D eigenvalue weighted by molar-refractivity contribution is -0.116. The summed E-state index contributed by atoms with van der Waals surface area (Å²) in [4.78, 5) is 40.1. The highest BCUT2D eigenvalue weighted by Gasteiger charge is 2.21. The third-order valence-electron chi connectivity index (χ3n) is 4.95. The lowest BCUT2D eigenvalue weighted by Gasteiger charge is -2.06. The van der Waals surface area contributed by atoms with Gasteiger partial charge in [0.1, 0.15) is 10.7 Å². The van der Waals surface area contributed by atoms with Gasteiger partial charge in [0.2, 0.25) is 5.91 Å². The molecule has 0 atom stereocenters. The number of anilines is 1. The van der Waals surface area contributed by atoms with Gasteiger partial charge in [-0.3, -0.25) is 9.59 Å². The molecule has 0 spiro atoms. The number of aryl methyl sites for hydroxylation is 4. The molecule has 2 aliphatic rings. The van der Waals surface area contributed by atoms with Gasteiger partial charge in [0, 0.05) is 28.3 Å². The second-order valence-electron chi connectivity index (χ2n) is 6.79. The maximum absolute atomic E-state index is 12.5. The molecule has 0 saturated heterocycles. The molecule has 1 aliphatic heterocycles. The van der Waals surface area contributed by atoms with Crippen molar-refractivity contribution in [1.82, 2.24) is 15.0 Å². The van der Waals surface area contributed by atoms with Crippen molar-refractivity contribution >= 4 is 55.7 Å². The summed E-state index contributed by atoms with van der Waals surface area (Å²) in [5, 5.41) is 4.33. The molecular formula is C18H18N4O2S3. The fraction of sp³-hybridized carbons (Fsp3) is 0.444. The van der Waals surface area contributed by atoms with Gasteiger partial charge in [-0.25, -0.2) is 9.97 Å². The highest BCUT2D eigenvalue weighted by atomic mass is 32.2. The zero-order chi connectivity index (χ0) is 18.4. The van der Waals surface area contributed by atoms with Crippen LogP contribution >= 0.6 is 34.4 Å². The maximum atomic E-state index is 12.5. The van der Waals surface area contributed by atoms with Crippen LogP contribution in [0.1, 0.15) is 39.7 Å². The fourth-order valence-corrected chi connectivity index (χ4v) is 7.08. The number of nitrogens with zero attached hydrogens (tertiary/aromatic N) is 2. The van der Waals surface area contributed by atoms with Crippen molar-refractivity contribution < 1.29 is 4.79 Å². The van der Waals surface area contributed by atoms with Gasteiger partial charge < -0.3 is 10.3 Å². The molecule has 5 rings (SSSR count). The van der Waals surface area contributed by atoms with E-state index in [9.17, 15) is 9.59 Å². The van der Waals surface area contributed by atoms with E-state index in [0.717, 1.165) is 53.1 Å². The van der Waals surface area contributed by atoms with Gasteiger partial charge >= 0.3 is 0 Å². The van der Waals surface area contributed by atoms with E-state index in [1.54, 1.807) is 22.7 Å². The Balaban J connectivity index is 1.27. The van der Waals surface area contributed by atoms with Gasteiger partial charge in [0.15, 0.2) is 5.13 Å². The number of amides is 1. The number of carbonyl (C=O) groups excluding carboxylic acids is 1. The van der Waals surface area contributed by atoms with E-state index < -0.39 is 0 Å². The van der Waals surface area contributed by atoms with Crippen LogP contribution in [0.25, 0.3) is 10.2 Å². The minimum absolute atomic E-state index is 0.0695. The van der Waals surface area contributed by atoms with Crippen molar-refractivity contribution in [1.29, 1.82) is 0 Å². The molecular weight excluding hydrogens is 400 g/mol. The Hall–Kier alpha value is -1.71. The number of nitrogens with one attached hydrogen (secondary N) is 2. The Labute approximate surface area is 167 Å². The van der Waals surface area contributed by atoms with Crippen LogP contribution in [0.15, 0.2) is 4.79 Å². The van der Waals surface area contributed by atoms with E-state index in [-0.39, 0.29) is 17.9 Å². The van der Waals surface area contributed by atoms with Gasteiger partial charge in [0.05, 0.1) is 11.1 Å². The summed E-state index contributed by atoms with van der Waals surface area (Å²) in [5.41, 5.74) is 2.23. The van der Waals surface area contributed by atoms with Crippen LogP contribution in [0.5, 0.6) is 0 Å². The Morgan fingerprint density at radius 1 is 1.15 bits per heavy atom. The summed E-state index contributed by atoms with van der Waals surface area (Å²) in [6.45, 7) is 0. The molecule has 0 fully saturated rings. The van der Waals surface area contributed by atoms with Crippen LogP contribution in [0.4, 0.5) is 5.13 Å². The summed E-state index contributed by atoms with van der Waals surface area (Å²) in [5.74, 6) is 2.57. The molecule has 1 aliphatic carbocycles. The molecule has 0 radical (unpaired) electrons. The molecule has 27 heavy (non-hydrogen) atoms. The van der Waals surface area contributed by atoms with Gasteiger partial charge in [-0.05, 0) is 37.0 Å². The SMILES string of the molecule is O=C(CCc1nc2sc3c(c2c(=O)[nH]1)CCC3)Nc1nc2c(s1)CSCC2. The number of thiazole rings is 1. The first-order chi connectivity index (χ1) is 13.2. The average molecular weight is 419 g/mol. The smallest absolute Gasteiger partial charge is 0.259 e. The first-order valence-corrected chi connectivity index (χ1v) is 11.9. The predicted molar refractivity (Wildman–Crippen MR) is 111 cm³/mol. The minimum Gasteiger partial charge on any atom is -0.310 e. The molecule has 0 bridgehead atoms. The normalized spacial score (nSPS) is 15.7. The van der Waals surface area contributed by atoms with Gasteiger partial charge in [-0.2, -0.15) is 11.8 Å². The molecule has 1 amide bonds. The third-order valence-corrected chi connectivity index (χ3v) is 8.32. The molecule has 9 heteroatoms. The van der Waals surface area contributed by atoms with E-state index in [1.165, 1.54) is 15.3 Å². The van der Waals surface area contributed by atoms with Crippen LogP contribution in [0.2, 0.25) is 0 Å². The van der Waals surface area contributed by atoms with Gasteiger partial charge in [0.25, 0.3) is 5.56 Å². The summed E-state index contributed by atoms with van der Waals surface area (Å²) in [7, 11) is 0. The number of hydrogen-bond acceptors (Lipinski definition) is 7. The van der Waals surface area contributed by atoms with E-state index in [4.69, 9.17) is 0 Å². The highest BCUT2D eigenvalue weighted by molar-refractivity contribution is 7.98. The van der Waals surface area contributed by atoms with Crippen LogP contribution in [0, 0.1) is 0 Å². The first-order valence-electron chi connectivity index (χ1n) is 9.07. The van der Waals surface area contributed by atoms with Crippen LogP contribution in [-0.4, -0.2) is 26.6 Å². The Bertz CT molecular complexity index is 1070. The topological polar surface area (TPSA) is 87.7 Å². The molecule has 3 aromatic rings. The first kappa shape index (κ1) is 17.4. The standard InChI is InChI=1S/C18H18N4O2S3/c23-14(22-18-19-10-6-7-25-8-12(10)27-18)5-4-13-20-16(24)15-9-2-1-3-11(9)26-17(15)21-13/h1-8H2,(H,19,22,23)(H,20,21,24). The molecule has 140 valence electrons. The number of fused-ring (bicyclic) bond motifs is 4. The lowest BCUT2D eigenvalue weighted by atomic mass is 10.2. The predicted octanol–water partition coefficient (Wildman–Crippen LogP) is 3.29. The van der Waals surface area contributed by atoms with E-state index in [0.29, 0.717) is 17.4 Å². The quantitative estimate of drug-likeness (QED) is 0.679. The summed E-state index contributed by atoms with van der Waals surface area (Å²) < 4.78 is 0. The largest absolute Gasteiger partial charge is 0.310 e. The van der Waals surface area contributed by atoms with E-state index in [1.807, 2.05) is 11.8 Å². The summed E-state index contributed by atoms with van der Waals surface area (Å²) >= 11 is 5.10. The maximum Gasteiger partial charge on any atom is 0.259 e. The van der Waals surface area contributed by atoms with Crippen LogP contribution < -0.4 is 10.9 Å². The Morgan fingerprint density at radius 2 is 2.07 bits per heavy atom. The van der Waals surface area contributed by atoms with Gasteiger partial charge in [-0.15, -0.1) is 22.7 Å². The number of aromatic nitrogens is 3. The Morgan fingerprint density at radius 3 is 2.96 bits per heavy atom. The van der Waals surface area contributed by atoms with E-state index in [2.05, 4.69) is 20.3 Å². The molecule has 2 N–H and O–H groups in total. The summed E-state index contributed by atoms with van der Waals surface area (Å²) in [6.07, 6.45) is 4.81. The molecule has 0 saturated carbocycles. The van der Waals surface area contributed by atoms with Crippen molar-refractivity contribution in [2.75, 3.05) is 11.1 Å². The van der Waals surface area contributed by atoms with Crippen LogP contribution in [0.3, 0.4) is 0 Å². The van der Waals surface area contributed by atoms with Crippen molar-refractivity contribution in [3.8, 4) is 0 Å². The second kappa shape index (κ2) is 7.03. The number of aromatic amines is 1. The number of thioether (sulfide) groups is 1. The van der Waals surface area contributed by atoms with Gasteiger partial charge in [-0.1, -0.05) is 0 Å². The fourth-order valence-electron chi connectivity index (χ4n) is 3.66. The van der Waals surface area contributed by atoms with E-state index >= 15 is 0 Å². The lowest BCUT2D eigenvalue weighted by Crippen LogP contribution is -2.16. The number of rotatable bonds is 4. The number of carbonyl (C=O) groups is 1. The molecule has 0 aromatic carbocycles. The number of hydrogen-bond donors (Lipinski definition) is 2. The number of H-pyrrole nitrogens is 1. The minimum atomic E-state index is -0.0924. The van der Waals surface area contributed by atoms with Crippen molar-refractivity contribution in [2.45, 2.75) is 44.3 Å². The molecule has 3 aromatic heterocycles. The summed E-state index contributed by atoms with van der Waals surface area (Å²) in [6, 6.07) is 0.